The van der Waals surface area contributed by atoms with Crippen molar-refractivity contribution in [2.45, 2.75) is 38.3 Å². The zero-order valence-corrected chi connectivity index (χ0v) is 9.03. The van der Waals surface area contributed by atoms with Crippen molar-refractivity contribution in [3.05, 3.63) is 0 Å². The minimum atomic E-state index is -0.132. The summed E-state index contributed by atoms with van der Waals surface area (Å²) < 4.78 is 4.64. The molecule has 1 aliphatic rings. The van der Waals surface area contributed by atoms with Gasteiger partial charge < -0.3 is 10.5 Å². The van der Waals surface area contributed by atoms with Crippen LogP contribution in [-0.2, 0) is 9.53 Å². The average molecular weight is 200 g/mol. The number of carbonyl (C=O) groups is 1. The van der Waals surface area contributed by atoms with Gasteiger partial charge in [-0.2, -0.15) is 0 Å². The molecule has 0 radical (unpaired) electrons. The number of esters is 1. The normalized spacial score (nSPS) is 21.9. The Kier molecular flexibility index (Phi) is 4.35. The SMILES string of the molecule is COC(=O)CC(C)N1CCC(N)CC1. The number of methoxy groups -OCH3 is 1. The summed E-state index contributed by atoms with van der Waals surface area (Å²) >= 11 is 0. The maximum Gasteiger partial charge on any atom is 0.307 e. The van der Waals surface area contributed by atoms with Crippen molar-refractivity contribution in [2.24, 2.45) is 5.73 Å². The third-order valence-corrected chi connectivity index (χ3v) is 2.89. The molecule has 1 heterocycles. The summed E-state index contributed by atoms with van der Waals surface area (Å²) in [6.07, 6.45) is 2.54. The van der Waals surface area contributed by atoms with Gasteiger partial charge in [-0.05, 0) is 32.9 Å². The molecule has 1 fully saturated rings. The molecule has 0 saturated carbocycles. The molecule has 1 atom stereocenters. The first kappa shape index (κ1) is 11.5. The molecule has 0 aromatic heterocycles. The smallest absolute Gasteiger partial charge is 0.307 e. The number of piperidine rings is 1. The van der Waals surface area contributed by atoms with Crippen LogP contribution in [0.15, 0.2) is 0 Å². The molecular weight excluding hydrogens is 180 g/mol. The molecule has 4 nitrogen and oxygen atoms in total. The van der Waals surface area contributed by atoms with Crippen molar-refractivity contribution in [1.29, 1.82) is 0 Å². The van der Waals surface area contributed by atoms with Gasteiger partial charge in [-0.15, -0.1) is 0 Å². The highest BCUT2D eigenvalue weighted by molar-refractivity contribution is 5.69. The molecule has 4 heteroatoms. The lowest BCUT2D eigenvalue weighted by molar-refractivity contribution is -0.142. The van der Waals surface area contributed by atoms with Crippen LogP contribution in [0.1, 0.15) is 26.2 Å². The Bertz CT molecular complexity index is 189. The van der Waals surface area contributed by atoms with Gasteiger partial charge in [0.15, 0.2) is 0 Å². The van der Waals surface area contributed by atoms with E-state index in [1.54, 1.807) is 0 Å². The number of nitrogens with two attached hydrogens (primary N) is 1. The zero-order valence-electron chi connectivity index (χ0n) is 9.03. The Labute approximate surface area is 85.4 Å². The number of nitrogens with zero attached hydrogens (tertiary/aromatic N) is 1. The number of carbonyl (C=O) groups excluding carboxylic acids is 1. The Balaban J connectivity index is 2.30. The predicted octanol–water partition coefficient (Wildman–Crippen LogP) is 0.361. The number of likely N-dealkylation sites (tertiary alicyclic amines) is 1. The first-order valence-electron chi connectivity index (χ1n) is 5.20. The summed E-state index contributed by atoms with van der Waals surface area (Å²) in [5.41, 5.74) is 5.81. The van der Waals surface area contributed by atoms with Crippen molar-refractivity contribution in [1.82, 2.24) is 4.90 Å². The molecule has 1 aliphatic heterocycles. The van der Waals surface area contributed by atoms with Crippen molar-refractivity contribution in [3.63, 3.8) is 0 Å². The van der Waals surface area contributed by atoms with Crippen LogP contribution in [0.25, 0.3) is 0 Å². The van der Waals surface area contributed by atoms with Gasteiger partial charge in [-0.3, -0.25) is 9.69 Å². The molecule has 0 amide bonds. The largest absolute Gasteiger partial charge is 0.469 e. The lowest BCUT2D eigenvalue weighted by atomic mass is 10.0. The molecule has 1 rings (SSSR count). The number of hydrogen-bond donors (Lipinski definition) is 1. The highest BCUT2D eigenvalue weighted by Gasteiger charge is 2.22. The van der Waals surface area contributed by atoms with Gasteiger partial charge in [-0.1, -0.05) is 0 Å². The lowest BCUT2D eigenvalue weighted by Crippen LogP contribution is -2.44. The Morgan fingerprint density at radius 2 is 2.14 bits per heavy atom. The van der Waals surface area contributed by atoms with Gasteiger partial charge in [0.25, 0.3) is 0 Å². The van der Waals surface area contributed by atoms with Crippen LogP contribution < -0.4 is 5.73 Å². The van der Waals surface area contributed by atoms with E-state index in [1.807, 2.05) is 0 Å². The molecule has 0 bridgehead atoms. The predicted molar refractivity (Wildman–Crippen MR) is 54.9 cm³/mol. The highest BCUT2D eigenvalue weighted by Crippen LogP contribution is 2.13. The molecule has 0 aliphatic carbocycles. The first-order valence-corrected chi connectivity index (χ1v) is 5.20. The molecule has 1 saturated heterocycles. The molecule has 0 aromatic carbocycles. The van der Waals surface area contributed by atoms with Crippen LogP contribution in [0.4, 0.5) is 0 Å². The second kappa shape index (κ2) is 5.32. The van der Waals surface area contributed by atoms with Crippen LogP contribution in [0.3, 0.4) is 0 Å². The summed E-state index contributed by atoms with van der Waals surface area (Å²) in [5, 5.41) is 0. The Hall–Kier alpha value is -0.610. The topological polar surface area (TPSA) is 55.6 Å². The molecule has 0 spiro atoms. The van der Waals surface area contributed by atoms with Crippen LogP contribution >= 0.6 is 0 Å². The summed E-state index contributed by atoms with van der Waals surface area (Å²) in [4.78, 5) is 13.4. The molecule has 2 N–H and O–H groups in total. The van der Waals surface area contributed by atoms with Gasteiger partial charge in [0.05, 0.1) is 13.5 Å². The van der Waals surface area contributed by atoms with E-state index in [9.17, 15) is 4.79 Å². The van der Waals surface area contributed by atoms with E-state index in [0.717, 1.165) is 25.9 Å². The van der Waals surface area contributed by atoms with Gasteiger partial charge in [-0.25, -0.2) is 0 Å². The summed E-state index contributed by atoms with van der Waals surface area (Å²) in [5.74, 6) is -0.132. The summed E-state index contributed by atoms with van der Waals surface area (Å²) in [6, 6.07) is 0.617. The quantitative estimate of drug-likeness (QED) is 0.668. The van der Waals surface area contributed by atoms with E-state index >= 15 is 0 Å². The summed E-state index contributed by atoms with van der Waals surface area (Å²) in [7, 11) is 1.43. The van der Waals surface area contributed by atoms with E-state index in [-0.39, 0.29) is 12.0 Å². The standard InChI is InChI=1S/C10H20N2O2/c1-8(7-10(13)14-2)12-5-3-9(11)4-6-12/h8-9H,3-7,11H2,1-2H3. The maximum atomic E-state index is 11.1. The second-order valence-electron chi connectivity index (χ2n) is 4.00. The van der Waals surface area contributed by atoms with Crippen LogP contribution in [0.2, 0.25) is 0 Å². The van der Waals surface area contributed by atoms with Crippen molar-refractivity contribution in [2.75, 3.05) is 20.2 Å². The van der Waals surface area contributed by atoms with Crippen molar-refractivity contribution in [3.8, 4) is 0 Å². The summed E-state index contributed by atoms with van der Waals surface area (Å²) in [6.45, 7) is 4.06. The molecule has 82 valence electrons. The average Bonchev–Trinajstić information content (AvgIpc) is 2.18. The van der Waals surface area contributed by atoms with Crippen LogP contribution in [0, 0.1) is 0 Å². The third kappa shape index (κ3) is 3.27. The molecular formula is C10H20N2O2. The van der Waals surface area contributed by atoms with Crippen LogP contribution in [0.5, 0.6) is 0 Å². The second-order valence-corrected chi connectivity index (χ2v) is 4.00. The van der Waals surface area contributed by atoms with Crippen molar-refractivity contribution < 1.29 is 9.53 Å². The maximum absolute atomic E-state index is 11.1. The fourth-order valence-electron chi connectivity index (χ4n) is 1.81. The van der Waals surface area contributed by atoms with Gasteiger partial charge in [0.2, 0.25) is 0 Å². The Morgan fingerprint density at radius 3 is 2.64 bits per heavy atom. The van der Waals surface area contributed by atoms with E-state index in [0.29, 0.717) is 12.5 Å². The fraction of sp³-hybridized carbons (Fsp3) is 0.900. The monoisotopic (exact) mass is 200 g/mol. The third-order valence-electron chi connectivity index (χ3n) is 2.89. The Morgan fingerprint density at radius 1 is 1.57 bits per heavy atom. The van der Waals surface area contributed by atoms with Gasteiger partial charge in [0, 0.05) is 12.1 Å². The molecule has 14 heavy (non-hydrogen) atoms. The molecule has 1 unspecified atom stereocenters. The fourth-order valence-corrected chi connectivity index (χ4v) is 1.81. The van der Waals surface area contributed by atoms with Crippen LogP contribution in [-0.4, -0.2) is 43.2 Å². The number of rotatable bonds is 3. The lowest BCUT2D eigenvalue weighted by Gasteiger charge is -2.34. The van der Waals surface area contributed by atoms with E-state index in [4.69, 9.17) is 5.73 Å². The molecule has 0 aromatic rings. The van der Waals surface area contributed by atoms with Gasteiger partial charge in [0.1, 0.15) is 0 Å². The highest BCUT2D eigenvalue weighted by atomic mass is 16.5. The number of hydrogen-bond acceptors (Lipinski definition) is 4. The minimum absolute atomic E-state index is 0.132. The van der Waals surface area contributed by atoms with E-state index < -0.39 is 0 Å². The zero-order chi connectivity index (χ0) is 10.6. The van der Waals surface area contributed by atoms with E-state index in [2.05, 4.69) is 16.6 Å². The number of ether oxygens (including phenoxy) is 1. The first-order chi connectivity index (χ1) is 6.63. The van der Waals surface area contributed by atoms with E-state index in [1.165, 1.54) is 7.11 Å². The van der Waals surface area contributed by atoms with Gasteiger partial charge >= 0.3 is 5.97 Å². The minimum Gasteiger partial charge on any atom is -0.469 e. The van der Waals surface area contributed by atoms with Crippen molar-refractivity contribution >= 4 is 5.97 Å².